The highest BCUT2D eigenvalue weighted by Gasteiger charge is 2.50. The Labute approximate surface area is 198 Å². The van der Waals surface area contributed by atoms with E-state index in [1.807, 2.05) is 0 Å². The number of ether oxygens (including phenoxy) is 4. The number of halogens is 1. The molecule has 8 nitrogen and oxygen atoms in total. The lowest BCUT2D eigenvalue weighted by atomic mass is 9.89. The zero-order valence-electron chi connectivity index (χ0n) is 20.0. The van der Waals surface area contributed by atoms with E-state index in [1.54, 1.807) is 38.1 Å². The van der Waals surface area contributed by atoms with Crippen molar-refractivity contribution in [3.63, 3.8) is 0 Å². The van der Waals surface area contributed by atoms with Gasteiger partial charge in [0.15, 0.2) is 0 Å². The molecule has 3 rings (SSSR count). The minimum absolute atomic E-state index is 0.162. The molecule has 34 heavy (non-hydrogen) atoms. The number of benzene rings is 2. The molecule has 0 bridgehead atoms. The van der Waals surface area contributed by atoms with Crippen molar-refractivity contribution < 1.29 is 38.3 Å². The fourth-order valence-electron chi connectivity index (χ4n) is 4.24. The Morgan fingerprint density at radius 2 is 1.91 bits per heavy atom. The monoisotopic (exact) mass is 477 g/mol. The minimum atomic E-state index is -1.37. The zero-order chi connectivity index (χ0) is 25.0. The molecule has 0 spiro atoms. The molecule has 1 amide bonds. The molecule has 1 heterocycles. The summed E-state index contributed by atoms with van der Waals surface area (Å²) in [6.45, 7) is 5.26. The van der Waals surface area contributed by atoms with Gasteiger partial charge in [0.05, 0.1) is 12.7 Å². The highest BCUT2D eigenvalue weighted by molar-refractivity contribution is 5.74. The Kier molecular flexibility index (Phi) is 8.14. The smallest absolute Gasteiger partial charge is 0.229 e. The van der Waals surface area contributed by atoms with Crippen LogP contribution in [0.2, 0.25) is 0 Å². The van der Waals surface area contributed by atoms with Crippen molar-refractivity contribution in [3.05, 3.63) is 47.8 Å². The molecule has 9 heteroatoms. The van der Waals surface area contributed by atoms with Crippen LogP contribution in [0.4, 0.5) is 4.39 Å². The van der Waals surface area contributed by atoms with Crippen LogP contribution in [0, 0.1) is 5.82 Å². The van der Waals surface area contributed by atoms with E-state index < -0.39 is 36.0 Å². The maximum Gasteiger partial charge on any atom is 0.229 e. The molecule has 3 N–H and O–H groups in total. The van der Waals surface area contributed by atoms with Gasteiger partial charge in [-0.2, -0.15) is 0 Å². The van der Waals surface area contributed by atoms with Crippen molar-refractivity contribution in [2.75, 3.05) is 20.8 Å². The molecule has 1 saturated heterocycles. The van der Waals surface area contributed by atoms with E-state index in [2.05, 4.69) is 5.32 Å². The first-order chi connectivity index (χ1) is 16.1. The third-order valence-corrected chi connectivity index (χ3v) is 5.84. The lowest BCUT2D eigenvalue weighted by Crippen LogP contribution is -2.63. The summed E-state index contributed by atoms with van der Waals surface area (Å²) >= 11 is 0. The Morgan fingerprint density at radius 3 is 2.53 bits per heavy atom. The topological polar surface area (TPSA) is 106 Å². The molecular formula is C25H32FNO7. The van der Waals surface area contributed by atoms with Gasteiger partial charge >= 0.3 is 0 Å². The van der Waals surface area contributed by atoms with Crippen molar-refractivity contribution in [3.8, 4) is 22.6 Å². The molecule has 0 aliphatic carbocycles. The summed E-state index contributed by atoms with van der Waals surface area (Å²) in [5.74, 6) is 0.187. The SMILES string of the molecule is COc1cc(OC2OC(C)(C)C(OC)C(O)C2O)cc(-c2cccc(F)c2)c1CCNC(C)=O. The predicted octanol–water partition coefficient (Wildman–Crippen LogP) is 2.43. The van der Waals surface area contributed by atoms with E-state index in [-0.39, 0.29) is 5.91 Å². The maximum atomic E-state index is 14.0. The Morgan fingerprint density at radius 1 is 1.18 bits per heavy atom. The van der Waals surface area contributed by atoms with E-state index in [0.717, 1.165) is 5.56 Å². The number of hydrogen-bond donors (Lipinski definition) is 3. The number of amides is 1. The van der Waals surface area contributed by atoms with Gasteiger partial charge in [-0.3, -0.25) is 4.79 Å². The number of methoxy groups -OCH3 is 2. The molecule has 4 unspecified atom stereocenters. The molecule has 1 aliphatic heterocycles. The van der Waals surface area contributed by atoms with E-state index in [1.165, 1.54) is 33.3 Å². The van der Waals surface area contributed by atoms with Crippen molar-refractivity contribution in [1.82, 2.24) is 5.32 Å². The fourth-order valence-corrected chi connectivity index (χ4v) is 4.24. The number of aliphatic hydroxyl groups is 2. The van der Waals surface area contributed by atoms with Crippen LogP contribution in [-0.4, -0.2) is 67.1 Å². The van der Waals surface area contributed by atoms with E-state index in [0.29, 0.717) is 35.6 Å². The van der Waals surface area contributed by atoms with Gasteiger partial charge < -0.3 is 34.5 Å². The van der Waals surface area contributed by atoms with Crippen molar-refractivity contribution in [1.29, 1.82) is 0 Å². The summed E-state index contributed by atoms with van der Waals surface area (Å²) in [5.41, 5.74) is 1.04. The zero-order valence-corrected chi connectivity index (χ0v) is 20.0. The Hall–Kier alpha value is -2.72. The average Bonchev–Trinajstić information content (AvgIpc) is 2.77. The second kappa shape index (κ2) is 10.7. The predicted molar refractivity (Wildman–Crippen MR) is 123 cm³/mol. The van der Waals surface area contributed by atoms with Gasteiger partial charge in [-0.1, -0.05) is 12.1 Å². The van der Waals surface area contributed by atoms with E-state index >= 15 is 0 Å². The number of carbonyl (C=O) groups excluding carboxylic acids is 1. The van der Waals surface area contributed by atoms with E-state index in [9.17, 15) is 19.4 Å². The van der Waals surface area contributed by atoms with Gasteiger partial charge in [-0.05, 0) is 49.6 Å². The van der Waals surface area contributed by atoms with Crippen molar-refractivity contribution in [2.24, 2.45) is 0 Å². The maximum absolute atomic E-state index is 14.0. The van der Waals surface area contributed by atoms with Crippen molar-refractivity contribution in [2.45, 2.75) is 57.4 Å². The normalized spacial score (nSPS) is 23.9. The Bertz CT molecular complexity index is 1010. The number of carbonyl (C=O) groups is 1. The molecule has 4 atom stereocenters. The lowest BCUT2D eigenvalue weighted by Gasteiger charge is -2.46. The molecular weight excluding hydrogens is 445 g/mol. The average molecular weight is 478 g/mol. The molecule has 0 radical (unpaired) electrons. The largest absolute Gasteiger partial charge is 0.496 e. The summed E-state index contributed by atoms with van der Waals surface area (Å²) in [5, 5.41) is 23.9. The van der Waals surface area contributed by atoms with Crippen LogP contribution in [0.15, 0.2) is 36.4 Å². The molecule has 0 aromatic heterocycles. The molecule has 0 saturated carbocycles. The molecule has 1 aliphatic rings. The van der Waals surface area contributed by atoms with E-state index in [4.69, 9.17) is 18.9 Å². The van der Waals surface area contributed by atoms with Gasteiger partial charge in [-0.25, -0.2) is 4.39 Å². The summed E-state index contributed by atoms with van der Waals surface area (Å²) in [6.07, 6.45) is -4.12. The quantitative estimate of drug-likeness (QED) is 0.536. The molecule has 2 aromatic rings. The van der Waals surface area contributed by atoms with Crippen LogP contribution in [0.25, 0.3) is 11.1 Å². The first-order valence-electron chi connectivity index (χ1n) is 11.0. The standard InChI is InChI=1S/C25H32FNO7/c1-14(28)27-10-9-18-19(15-7-6-8-16(26)11-15)12-17(13-20(18)31-4)33-24-22(30)21(29)23(32-5)25(2,3)34-24/h6-8,11-13,21-24,29-30H,9-10H2,1-5H3,(H,27,28). The van der Waals surface area contributed by atoms with Gasteiger partial charge in [-0.15, -0.1) is 0 Å². The van der Waals surface area contributed by atoms with Crippen molar-refractivity contribution >= 4 is 5.91 Å². The van der Waals surface area contributed by atoms with Crippen LogP contribution >= 0.6 is 0 Å². The molecule has 186 valence electrons. The summed E-state index contributed by atoms with van der Waals surface area (Å²) in [4.78, 5) is 11.3. The van der Waals surface area contributed by atoms with Gasteiger partial charge in [0.1, 0.15) is 35.6 Å². The van der Waals surface area contributed by atoms with Crippen LogP contribution in [0.3, 0.4) is 0 Å². The summed E-state index contributed by atoms with van der Waals surface area (Å²) in [6, 6.07) is 9.41. The second-order valence-electron chi connectivity index (χ2n) is 8.74. The van der Waals surface area contributed by atoms with Crippen LogP contribution in [0.5, 0.6) is 11.5 Å². The summed E-state index contributed by atoms with van der Waals surface area (Å²) in [7, 11) is 2.93. The van der Waals surface area contributed by atoms with Gasteiger partial charge in [0, 0.05) is 32.2 Å². The highest BCUT2D eigenvalue weighted by Crippen LogP contribution is 2.38. The minimum Gasteiger partial charge on any atom is -0.496 e. The third kappa shape index (κ3) is 5.67. The molecule has 1 fully saturated rings. The molecule has 2 aromatic carbocycles. The highest BCUT2D eigenvalue weighted by atomic mass is 19.1. The number of rotatable bonds is 8. The fraction of sp³-hybridized carbons (Fsp3) is 0.480. The Balaban J connectivity index is 2.00. The third-order valence-electron chi connectivity index (χ3n) is 5.84. The first kappa shape index (κ1) is 25.9. The lowest BCUT2D eigenvalue weighted by molar-refractivity contribution is -0.305. The second-order valence-corrected chi connectivity index (χ2v) is 8.74. The van der Waals surface area contributed by atoms with Gasteiger partial charge in [0.25, 0.3) is 0 Å². The number of nitrogens with one attached hydrogen (secondary N) is 1. The number of aliphatic hydroxyl groups excluding tert-OH is 2. The van der Waals surface area contributed by atoms with Gasteiger partial charge in [0.2, 0.25) is 12.2 Å². The first-order valence-corrected chi connectivity index (χ1v) is 11.0. The summed E-state index contributed by atoms with van der Waals surface area (Å²) < 4.78 is 36.8. The number of hydrogen-bond acceptors (Lipinski definition) is 7. The van der Waals surface area contributed by atoms with Crippen LogP contribution < -0.4 is 14.8 Å². The van der Waals surface area contributed by atoms with Crippen LogP contribution in [-0.2, 0) is 20.7 Å². The van der Waals surface area contributed by atoms with Crippen LogP contribution in [0.1, 0.15) is 26.3 Å².